The number of nitrogens with zero attached hydrogens (tertiary/aromatic N) is 3. The van der Waals surface area contributed by atoms with Crippen molar-refractivity contribution < 1.29 is 4.74 Å². The third-order valence-corrected chi connectivity index (χ3v) is 4.53. The second kappa shape index (κ2) is 5.16. The molecule has 2 aromatic heterocycles. The second-order valence-electron chi connectivity index (χ2n) is 6.15. The van der Waals surface area contributed by atoms with Crippen molar-refractivity contribution in [3.05, 3.63) is 24.5 Å². The van der Waals surface area contributed by atoms with Crippen LogP contribution in [-0.4, -0.2) is 35.2 Å². The van der Waals surface area contributed by atoms with Crippen LogP contribution < -0.4 is 9.64 Å². The Morgan fingerprint density at radius 3 is 3.05 bits per heavy atom. The standard InChI is InChI=1S/C17H20N4O/c1-11-4-3-7-21(9-11)17-16-15(18-10-19-17)13-6-5-12(22-2)8-14(13)20-16/h5-6,8,10-11,20H,3-4,7,9H2,1-2H3/t11-/m1/s1. The zero-order chi connectivity index (χ0) is 15.1. The lowest BCUT2D eigenvalue weighted by Gasteiger charge is -2.31. The molecule has 22 heavy (non-hydrogen) atoms. The summed E-state index contributed by atoms with van der Waals surface area (Å²) in [6.45, 7) is 4.43. The first-order valence-electron chi connectivity index (χ1n) is 7.81. The van der Waals surface area contributed by atoms with E-state index in [-0.39, 0.29) is 0 Å². The molecule has 0 bridgehead atoms. The number of piperidine rings is 1. The molecule has 0 unspecified atom stereocenters. The molecule has 1 fully saturated rings. The van der Waals surface area contributed by atoms with Gasteiger partial charge in [0.2, 0.25) is 0 Å². The maximum atomic E-state index is 5.31. The van der Waals surface area contributed by atoms with Crippen molar-refractivity contribution in [3.63, 3.8) is 0 Å². The van der Waals surface area contributed by atoms with Crippen molar-refractivity contribution in [1.82, 2.24) is 15.0 Å². The van der Waals surface area contributed by atoms with Gasteiger partial charge in [0.25, 0.3) is 0 Å². The molecule has 3 heterocycles. The van der Waals surface area contributed by atoms with Crippen LogP contribution in [0.3, 0.4) is 0 Å². The third kappa shape index (κ3) is 2.08. The quantitative estimate of drug-likeness (QED) is 0.788. The summed E-state index contributed by atoms with van der Waals surface area (Å²) in [6.07, 6.45) is 4.20. The monoisotopic (exact) mass is 296 g/mol. The van der Waals surface area contributed by atoms with E-state index in [1.54, 1.807) is 13.4 Å². The summed E-state index contributed by atoms with van der Waals surface area (Å²) in [5.74, 6) is 2.58. The molecule has 1 atom stereocenters. The number of nitrogens with one attached hydrogen (secondary N) is 1. The van der Waals surface area contributed by atoms with Gasteiger partial charge in [-0.15, -0.1) is 0 Å². The van der Waals surface area contributed by atoms with Crippen LogP contribution in [0.1, 0.15) is 19.8 Å². The zero-order valence-corrected chi connectivity index (χ0v) is 13.0. The maximum Gasteiger partial charge on any atom is 0.156 e. The summed E-state index contributed by atoms with van der Waals surface area (Å²) in [5.41, 5.74) is 3.06. The average Bonchev–Trinajstić information content (AvgIpc) is 2.92. The maximum absolute atomic E-state index is 5.31. The molecule has 1 aliphatic rings. The number of methoxy groups -OCH3 is 1. The molecule has 114 valence electrons. The van der Waals surface area contributed by atoms with Gasteiger partial charge in [0.05, 0.1) is 12.6 Å². The molecule has 1 N–H and O–H groups in total. The van der Waals surface area contributed by atoms with E-state index in [4.69, 9.17) is 4.74 Å². The number of ether oxygens (including phenoxy) is 1. The van der Waals surface area contributed by atoms with Gasteiger partial charge in [-0.25, -0.2) is 9.97 Å². The summed E-state index contributed by atoms with van der Waals surface area (Å²) in [5, 5.41) is 1.12. The molecular formula is C17H20N4O. The van der Waals surface area contributed by atoms with E-state index in [9.17, 15) is 0 Å². The highest BCUT2D eigenvalue weighted by molar-refractivity contribution is 6.08. The molecule has 5 nitrogen and oxygen atoms in total. The Morgan fingerprint density at radius 1 is 1.32 bits per heavy atom. The fourth-order valence-electron chi connectivity index (χ4n) is 3.41. The Bertz CT molecular complexity index is 826. The van der Waals surface area contributed by atoms with Crippen LogP contribution in [0, 0.1) is 5.92 Å². The van der Waals surface area contributed by atoms with Gasteiger partial charge in [-0.3, -0.25) is 0 Å². The van der Waals surface area contributed by atoms with E-state index in [0.717, 1.165) is 46.6 Å². The van der Waals surface area contributed by atoms with Gasteiger partial charge in [0, 0.05) is 24.5 Å². The molecule has 4 rings (SSSR count). The largest absolute Gasteiger partial charge is 0.497 e. The smallest absolute Gasteiger partial charge is 0.156 e. The Kier molecular flexibility index (Phi) is 3.13. The number of fused-ring (bicyclic) bond motifs is 3. The molecule has 5 heteroatoms. The lowest BCUT2D eigenvalue weighted by molar-refractivity contribution is 0.415. The summed E-state index contributed by atoms with van der Waals surface area (Å²) < 4.78 is 5.31. The normalized spacial score (nSPS) is 19.0. The number of aromatic nitrogens is 3. The minimum atomic E-state index is 0.711. The number of rotatable bonds is 2. The molecule has 1 aliphatic heterocycles. The lowest BCUT2D eigenvalue weighted by Crippen LogP contribution is -2.35. The molecule has 0 radical (unpaired) electrons. The van der Waals surface area contributed by atoms with Gasteiger partial charge in [-0.05, 0) is 30.9 Å². The summed E-state index contributed by atoms with van der Waals surface area (Å²) in [7, 11) is 1.68. The number of aromatic amines is 1. The molecule has 0 aliphatic carbocycles. The summed E-state index contributed by atoms with van der Waals surface area (Å²) in [4.78, 5) is 14.9. The van der Waals surface area contributed by atoms with Gasteiger partial charge in [-0.1, -0.05) is 6.92 Å². The second-order valence-corrected chi connectivity index (χ2v) is 6.15. The average molecular weight is 296 g/mol. The van der Waals surface area contributed by atoms with E-state index in [2.05, 4.69) is 32.8 Å². The van der Waals surface area contributed by atoms with Crippen molar-refractivity contribution in [2.24, 2.45) is 5.92 Å². The molecule has 3 aromatic rings. The van der Waals surface area contributed by atoms with Gasteiger partial charge in [-0.2, -0.15) is 0 Å². The molecule has 1 aromatic carbocycles. The molecule has 0 spiro atoms. The topological polar surface area (TPSA) is 54.0 Å². The van der Waals surface area contributed by atoms with Gasteiger partial charge in [0.15, 0.2) is 5.82 Å². The summed E-state index contributed by atoms with van der Waals surface area (Å²) in [6, 6.07) is 6.04. The number of H-pyrrole nitrogens is 1. The number of anilines is 1. The van der Waals surface area contributed by atoms with E-state index in [1.165, 1.54) is 12.8 Å². The highest BCUT2D eigenvalue weighted by Gasteiger charge is 2.21. The van der Waals surface area contributed by atoms with E-state index >= 15 is 0 Å². The van der Waals surface area contributed by atoms with Crippen LogP contribution in [0.5, 0.6) is 5.75 Å². The first kappa shape index (κ1) is 13.4. The number of hydrogen-bond donors (Lipinski definition) is 1. The number of benzene rings is 1. The van der Waals surface area contributed by atoms with Crippen molar-refractivity contribution in [2.75, 3.05) is 25.1 Å². The Labute approximate surface area is 129 Å². The van der Waals surface area contributed by atoms with Crippen LogP contribution in [-0.2, 0) is 0 Å². The van der Waals surface area contributed by atoms with Gasteiger partial charge >= 0.3 is 0 Å². The fraction of sp³-hybridized carbons (Fsp3) is 0.412. The molecular weight excluding hydrogens is 276 g/mol. The number of hydrogen-bond acceptors (Lipinski definition) is 4. The molecule has 0 saturated carbocycles. The lowest BCUT2D eigenvalue weighted by atomic mass is 10.0. The highest BCUT2D eigenvalue weighted by atomic mass is 16.5. The fourth-order valence-corrected chi connectivity index (χ4v) is 3.41. The van der Waals surface area contributed by atoms with E-state index < -0.39 is 0 Å². The highest BCUT2D eigenvalue weighted by Crippen LogP contribution is 2.32. The van der Waals surface area contributed by atoms with Crippen molar-refractivity contribution in [3.8, 4) is 5.75 Å². The summed E-state index contributed by atoms with van der Waals surface area (Å²) >= 11 is 0. The predicted molar refractivity (Wildman–Crippen MR) is 88.6 cm³/mol. The van der Waals surface area contributed by atoms with Crippen molar-refractivity contribution >= 4 is 27.8 Å². The minimum Gasteiger partial charge on any atom is -0.497 e. The zero-order valence-electron chi connectivity index (χ0n) is 13.0. The van der Waals surface area contributed by atoms with Crippen LogP contribution in [0.15, 0.2) is 24.5 Å². The van der Waals surface area contributed by atoms with E-state index in [1.807, 2.05) is 12.1 Å². The van der Waals surface area contributed by atoms with Gasteiger partial charge in [0.1, 0.15) is 23.1 Å². The first-order valence-corrected chi connectivity index (χ1v) is 7.81. The third-order valence-electron chi connectivity index (χ3n) is 4.53. The van der Waals surface area contributed by atoms with Crippen LogP contribution >= 0.6 is 0 Å². The minimum absolute atomic E-state index is 0.711. The predicted octanol–water partition coefficient (Wildman–Crippen LogP) is 3.36. The van der Waals surface area contributed by atoms with Crippen LogP contribution in [0.4, 0.5) is 5.82 Å². The SMILES string of the molecule is COc1ccc2c(c1)[nH]c1c(N3CCC[C@@H](C)C3)ncnc12. The van der Waals surface area contributed by atoms with Crippen molar-refractivity contribution in [1.29, 1.82) is 0 Å². The Balaban J connectivity index is 1.88. The van der Waals surface area contributed by atoms with Crippen LogP contribution in [0.2, 0.25) is 0 Å². The van der Waals surface area contributed by atoms with Gasteiger partial charge < -0.3 is 14.6 Å². The first-order chi connectivity index (χ1) is 10.8. The Hall–Kier alpha value is -2.30. The molecule has 0 amide bonds. The Morgan fingerprint density at radius 2 is 2.23 bits per heavy atom. The van der Waals surface area contributed by atoms with Crippen LogP contribution in [0.25, 0.3) is 21.9 Å². The molecule has 1 saturated heterocycles. The van der Waals surface area contributed by atoms with Crippen molar-refractivity contribution in [2.45, 2.75) is 19.8 Å². The van der Waals surface area contributed by atoms with E-state index in [0.29, 0.717) is 5.92 Å².